The zero-order valence-corrected chi connectivity index (χ0v) is 20.1. The van der Waals surface area contributed by atoms with E-state index in [-0.39, 0.29) is 17.5 Å². The van der Waals surface area contributed by atoms with Gasteiger partial charge in [0.2, 0.25) is 0 Å². The van der Waals surface area contributed by atoms with E-state index in [0.717, 1.165) is 12.1 Å². The molecule has 1 unspecified atom stereocenters. The lowest BCUT2D eigenvalue weighted by molar-refractivity contribution is 0.178. The molecule has 7 heteroatoms. The Labute approximate surface area is 194 Å². The minimum Gasteiger partial charge on any atom is -0.314 e. The molecule has 0 aliphatic carbocycles. The molecule has 6 nitrogen and oxygen atoms in total. The van der Waals surface area contributed by atoms with Crippen molar-refractivity contribution >= 4 is 34.2 Å². The molecule has 1 heterocycles. The molecule has 0 saturated heterocycles. The smallest absolute Gasteiger partial charge is 0.314 e. The van der Waals surface area contributed by atoms with Crippen molar-refractivity contribution in [3.8, 4) is 0 Å². The minimum atomic E-state index is -0.403. The fraction of sp³-hybridized carbons (Fsp3) is 0.400. The number of nitrogens with zero attached hydrogens (tertiary/aromatic N) is 3. The third-order valence-electron chi connectivity index (χ3n) is 5.54. The third kappa shape index (κ3) is 5.13. The Bertz CT molecular complexity index is 1160. The molecule has 0 aliphatic rings. The van der Waals surface area contributed by atoms with Crippen LogP contribution in [-0.2, 0) is 13.0 Å². The van der Waals surface area contributed by atoms with Crippen LogP contribution in [0.5, 0.6) is 0 Å². The molecule has 1 aromatic heterocycles. The average molecular weight is 455 g/mol. The summed E-state index contributed by atoms with van der Waals surface area (Å²) in [4.78, 5) is 33.0. The Hall–Kier alpha value is -2.86. The first-order valence-electron chi connectivity index (χ1n) is 11.1. The van der Waals surface area contributed by atoms with Crippen LogP contribution >= 0.6 is 11.6 Å². The minimum absolute atomic E-state index is 0.151. The predicted octanol–water partition coefficient (Wildman–Crippen LogP) is 5.88. The van der Waals surface area contributed by atoms with Gasteiger partial charge in [0.1, 0.15) is 5.82 Å². The first kappa shape index (κ1) is 23.8. The number of carbonyl (C=O) groups excluding carboxylic acids is 1. The molecule has 1 N–H and O–H groups in total. The molecule has 1 atom stereocenters. The summed E-state index contributed by atoms with van der Waals surface area (Å²) in [7, 11) is 0. The van der Waals surface area contributed by atoms with Gasteiger partial charge in [0.15, 0.2) is 0 Å². The number of rotatable bonds is 7. The van der Waals surface area contributed by atoms with Crippen molar-refractivity contribution in [2.24, 2.45) is 5.92 Å². The van der Waals surface area contributed by atoms with Crippen molar-refractivity contribution in [1.82, 2.24) is 14.5 Å². The highest BCUT2D eigenvalue weighted by molar-refractivity contribution is 6.31. The predicted molar refractivity (Wildman–Crippen MR) is 131 cm³/mol. The van der Waals surface area contributed by atoms with Crippen LogP contribution in [0.2, 0.25) is 5.02 Å². The van der Waals surface area contributed by atoms with E-state index in [1.165, 1.54) is 5.56 Å². The summed E-state index contributed by atoms with van der Waals surface area (Å²) in [6, 6.07) is 12.3. The Balaban J connectivity index is 2.00. The van der Waals surface area contributed by atoms with Crippen LogP contribution in [-0.4, -0.2) is 27.0 Å². The summed E-state index contributed by atoms with van der Waals surface area (Å²) in [5.41, 5.74) is 2.37. The summed E-state index contributed by atoms with van der Waals surface area (Å²) in [5.74, 6) is 0.802. The molecule has 32 heavy (non-hydrogen) atoms. The molecule has 0 spiro atoms. The third-order valence-corrected chi connectivity index (χ3v) is 5.77. The lowest BCUT2D eigenvalue weighted by Crippen LogP contribution is -2.42. The SMILES string of the molecule is CCc1ccc(NC(=O)N(CC(C)C)C(C)c2nc3ccc(Cl)cc3c(=O)n2CC)cc1. The van der Waals surface area contributed by atoms with E-state index >= 15 is 0 Å². The maximum Gasteiger partial charge on any atom is 0.322 e. The number of aromatic nitrogens is 2. The monoisotopic (exact) mass is 454 g/mol. The number of nitrogens with one attached hydrogen (secondary N) is 1. The van der Waals surface area contributed by atoms with Crippen LogP contribution in [0, 0.1) is 5.92 Å². The highest BCUT2D eigenvalue weighted by atomic mass is 35.5. The Morgan fingerprint density at radius 3 is 2.41 bits per heavy atom. The van der Waals surface area contributed by atoms with Gasteiger partial charge in [-0.3, -0.25) is 9.36 Å². The van der Waals surface area contributed by atoms with Gasteiger partial charge in [-0.15, -0.1) is 0 Å². The van der Waals surface area contributed by atoms with Gasteiger partial charge in [0.25, 0.3) is 5.56 Å². The molecule has 2 amide bonds. The number of urea groups is 1. The number of hydrogen-bond donors (Lipinski definition) is 1. The zero-order chi connectivity index (χ0) is 23.4. The summed E-state index contributed by atoms with van der Waals surface area (Å²) < 4.78 is 1.62. The number of anilines is 1. The number of benzene rings is 2. The van der Waals surface area contributed by atoms with E-state index in [1.807, 2.05) is 38.1 Å². The van der Waals surface area contributed by atoms with Crippen LogP contribution in [0.4, 0.5) is 10.5 Å². The van der Waals surface area contributed by atoms with Gasteiger partial charge in [-0.05, 0) is 62.1 Å². The van der Waals surface area contributed by atoms with Crippen LogP contribution in [0.3, 0.4) is 0 Å². The van der Waals surface area contributed by atoms with Gasteiger partial charge < -0.3 is 10.2 Å². The number of aryl methyl sites for hydroxylation is 1. The standard InChI is InChI=1S/C25H31ClN4O2/c1-6-18-8-11-20(12-9-18)27-25(32)30(15-16(3)4)17(5)23-28-22-13-10-19(26)14-21(22)24(31)29(23)7-2/h8-14,16-17H,6-7,15H2,1-5H3,(H,27,32). The molecule has 3 aromatic rings. The van der Waals surface area contributed by atoms with E-state index in [1.54, 1.807) is 27.7 Å². The van der Waals surface area contributed by atoms with E-state index in [9.17, 15) is 9.59 Å². The van der Waals surface area contributed by atoms with E-state index in [2.05, 4.69) is 26.1 Å². The van der Waals surface area contributed by atoms with Gasteiger partial charge in [0.05, 0.1) is 16.9 Å². The lowest BCUT2D eigenvalue weighted by Gasteiger charge is -2.31. The fourth-order valence-corrected chi connectivity index (χ4v) is 3.98. The average Bonchev–Trinajstić information content (AvgIpc) is 2.77. The molecule has 0 radical (unpaired) electrons. The Morgan fingerprint density at radius 2 is 1.81 bits per heavy atom. The number of halogens is 1. The van der Waals surface area contributed by atoms with Crippen LogP contribution in [0.25, 0.3) is 10.9 Å². The second-order valence-corrected chi connectivity index (χ2v) is 8.82. The van der Waals surface area contributed by atoms with Crippen molar-refractivity contribution in [3.63, 3.8) is 0 Å². The highest BCUT2D eigenvalue weighted by Crippen LogP contribution is 2.24. The van der Waals surface area contributed by atoms with Gasteiger partial charge in [-0.2, -0.15) is 0 Å². The van der Waals surface area contributed by atoms with Crippen LogP contribution in [0.15, 0.2) is 47.3 Å². The maximum absolute atomic E-state index is 13.3. The van der Waals surface area contributed by atoms with Crippen LogP contribution in [0.1, 0.15) is 52.0 Å². The van der Waals surface area contributed by atoms with E-state index < -0.39 is 6.04 Å². The number of carbonyl (C=O) groups is 1. The quantitative estimate of drug-likeness (QED) is 0.484. The summed E-state index contributed by atoms with van der Waals surface area (Å²) in [6.07, 6.45) is 0.943. The van der Waals surface area contributed by atoms with E-state index in [0.29, 0.717) is 34.8 Å². The molecule has 170 valence electrons. The summed E-state index contributed by atoms with van der Waals surface area (Å²) >= 11 is 6.10. The molecular weight excluding hydrogens is 424 g/mol. The fourth-order valence-electron chi connectivity index (χ4n) is 3.80. The zero-order valence-electron chi connectivity index (χ0n) is 19.4. The molecule has 0 saturated carbocycles. The van der Waals surface area contributed by atoms with Crippen molar-refractivity contribution < 1.29 is 4.79 Å². The molecule has 2 aromatic carbocycles. The topological polar surface area (TPSA) is 67.2 Å². The Kier molecular flexibility index (Phi) is 7.56. The summed E-state index contributed by atoms with van der Waals surface area (Å²) in [5, 5.41) is 3.97. The second kappa shape index (κ2) is 10.2. The second-order valence-electron chi connectivity index (χ2n) is 8.38. The molecule has 0 aliphatic heterocycles. The van der Waals surface area contributed by atoms with Gasteiger partial charge in [0, 0.05) is 23.8 Å². The molecular formula is C25H31ClN4O2. The van der Waals surface area contributed by atoms with Crippen LogP contribution < -0.4 is 10.9 Å². The van der Waals surface area contributed by atoms with Gasteiger partial charge in [-0.25, -0.2) is 9.78 Å². The number of fused-ring (bicyclic) bond motifs is 1. The van der Waals surface area contributed by atoms with Crippen molar-refractivity contribution in [2.45, 2.75) is 53.6 Å². The van der Waals surface area contributed by atoms with Crippen molar-refractivity contribution in [1.29, 1.82) is 0 Å². The normalized spacial score (nSPS) is 12.2. The first-order chi connectivity index (χ1) is 15.2. The lowest BCUT2D eigenvalue weighted by atomic mass is 10.1. The molecule has 0 fully saturated rings. The summed E-state index contributed by atoms with van der Waals surface area (Å²) in [6.45, 7) is 11.0. The largest absolute Gasteiger partial charge is 0.322 e. The highest BCUT2D eigenvalue weighted by Gasteiger charge is 2.27. The first-order valence-corrected chi connectivity index (χ1v) is 11.5. The molecule has 0 bridgehead atoms. The molecule has 3 rings (SSSR count). The van der Waals surface area contributed by atoms with Gasteiger partial charge in [-0.1, -0.05) is 44.5 Å². The van der Waals surface area contributed by atoms with Crippen molar-refractivity contribution in [2.75, 3.05) is 11.9 Å². The van der Waals surface area contributed by atoms with Crippen molar-refractivity contribution in [3.05, 3.63) is 69.2 Å². The van der Waals surface area contributed by atoms with E-state index in [4.69, 9.17) is 16.6 Å². The number of hydrogen-bond acceptors (Lipinski definition) is 3. The van der Waals surface area contributed by atoms with Gasteiger partial charge >= 0.3 is 6.03 Å². The number of amides is 2. The maximum atomic E-state index is 13.3. The Morgan fingerprint density at radius 1 is 1.12 bits per heavy atom.